The van der Waals surface area contributed by atoms with E-state index in [4.69, 9.17) is 15.2 Å². The molecule has 0 aliphatic carbocycles. The lowest BCUT2D eigenvalue weighted by atomic mass is 10.2. The monoisotopic (exact) mass is 227 g/mol. The van der Waals surface area contributed by atoms with E-state index in [0.717, 1.165) is 0 Å². The summed E-state index contributed by atoms with van der Waals surface area (Å²) >= 11 is 0. The van der Waals surface area contributed by atoms with E-state index in [2.05, 4.69) is 0 Å². The van der Waals surface area contributed by atoms with Crippen molar-refractivity contribution in [1.82, 2.24) is 0 Å². The Morgan fingerprint density at radius 1 is 1.38 bits per heavy atom. The van der Waals surface area contributed by atoms with Crippen LogP contribution in [0, 0.1) is 5.82 Å². The van der Waals surface area contributed by atoms with Crippen molar-refractivity contribution < 1.29 is 18.7 Å². The number of esters is 1. The number of rotatable bonds is 6. The van der Waals surface area contributed by atoms with Crippen molar-refractivity contribution in [1.29, 1.82) is 0 Å². The van der Waals surface area contributed by atoms with Crippen LogP contribution in [0.15, 0.2) is 24.3 Å². The lowest BCUT2D eigenvalue weighted by Gasteiger charge is -2.05. The molecule has 5 heteroatoms. The second kappa shape index (κ2) is 6.92. The predicted octanol–water partition coefficient (Wildman–Crippen LogP) is 0.844. The topological polar surface area (TPSA) is 61.5 Å². The number of hydrogen-bond donors (Lipinski definition) is 1. The summed E-state index contributed by atoms with van der Waals surface area (Å²) in [7, 11) is 0. The molecule has 0 aliphatic rings. The molecule has 1 rings (SSSR count). The van der Waals surface area contributed by atoms with Crippen molar-refractivity contribution in [3.63, 3.8) is 0 Å². The van der Waals surface area contributed by atoms with E-state index < -0.39 is 11.8 Å². The van der Waals surface area contributed by atoms with Crippen molar-refractivity contribution >= 4 is 5.97 Å². The maximum atomic E-state index is 13.1. The average Bonchev–Trinajstić information content (AvgIpc) is 2.28. The molecule has 0 amide bonds. The van der Waals surface area contributed by atoms with Crippen LogP contribution in [0.25, 0.3) is 0 Å². The molecule has 0 heterocycles. The maximum absolute atomic E-state index is 13.1. The third kappa shape index (κ3) is 4.37. The Morgan fingerprint density at radius 2 is 2.12 bits per heavy atom. The quantitative estimate of drug-likeness (QED) is 0.578. The summed E-state index contributed by atoms with van der Waals surface area (Å²) < 4.78 is 22.8. The van der Waals surface area contributed by atoms with Crippen LogP contribution in [-0.4, -0.2) is 25.7 Å². The number of nitrogens with two attached hydrogens (primary N) is 1. The Hall–Kier alpha value is -1.46. The van der Waals surface area contributed by atoms with E-state index in [1.54, 1.807) is 18.2 Å². The average molecular weight is 227 g/mol. The summed E-state index contributed by atoms with van der Waals surface area (Å²) in [6, 6.07) is 6.12. The predicted molar refractivity (Wildman–Crippen MR) is 56.1 cm³/mol. The third-order valence-corrected chi connectivity index (χ3v) is 1.83. The van der Waals surface area contributed by atoms with Crippen LogP contribution >= 0.6 is 0 Å². The maximum Gasteiger partial charge on any atom is 0.332 e. The second-order valence-electron chi connectivity index (χ2n) is 3.09. The van der Waals surface area contributed by atoms with Crippen LogP contribution in [0.1, 0.15) is 5.56 Å². The summed E-state index contributed by atoms with van der Waals surface area (Å²) in [5.41, 5.74) is 5.52. The first-order chi connectivity index (χ1) is 7.74. The number of ether oxygens (including phenoxy) is 2. The molecule has 88 valence electrons. The van der Waals surface area contributed by atoms with E-state index in [9.17, 15) is 9.18 Å². The minimum absolute atomic E-state index is 0.0858. The fourth-order valence-corrected chi connectivity index (χ4v) is 1.05. The molecular formula is C11H14FNO3. The van der Waals surface area contributed by atoms with Gasteiger partial charge in [0.2, 0.25) is 0 Å². The number of carbonyl (C=O) groups is 1. The SMILES string of the molecule is NCCOCC(=O)OCc1ccccc1F. The first-order valence-electron chi connectivity index (χ1n) is 4.91. The number of benzene rings is 1. The van der Waals surface area contributed by atoms with Crippen molar-refractivity contribution in [2.75, 3.05) is 19.8 Å². The van der Waals surface area contributed by atoms with E-state index in [1.165, 1.54) is 6.07 Å². The lowest BCUT2D eigenvalue weighted by molar-refractivity contribution is -0.150. The van der Waals surface area contributed by atoms with Gasteiger partial charge in [-0.05, 0) is 6.07 Å². The Balaban J connectivity index is 2.29. The lowest BCUT2D eigenvalue weighted by Crippen LogP contribution is -2.16. The second-order valence-corrected chi connectivity index (χ2v) is 3.09. The number of hydrogen-bond acceptors (Lipinski definition) is 4. The molecule has 4 nitrogen and oxygen atoms in total. The summed E-state index contributed by atoms with van der Waals surface area (Å²) in [4.78, 5) is 11.1. The van der Waals surface area contributed by atoms with Crippen molar-refractivity contribution in [2.45, 2.75) is 6.61 Å². The fraction of sp³-hybridized carbons (Fsp3) is 0.364. The van der Waals surface area contributed by atoms with E-state index in [1.807, 2.05) is 0 Å². The smallest absolute Gasteiger partial charge is 0.332 e. The van der Waals surface area contributed by atoms with Gasteiger partial charge in [-0.15, -0.1) is 0 Å². The highest BCUT2D eigenvalue weighted by Gasteiger charge is 2.05. The van der Waals surface area contributed by atoms with Crippen LogP contribution in [0.2, 0.25) is 0 Å². The summed E-state index contributed by atoms with van der Waals surface area (Å²) in [5, 5.41) is 0. The Morgan fingerprint density at radius 3 is 2.81 bits per heavy atom. The molecule has 0 bridgehead atoms. The number of halogens is 1. The number of carbonyl (C=O) groups excluding carboxylic acids is 1. The molecule has 0 unspecified atom stereocenters. The van der Waals surface area contributed by atoms with Gasteiger partial charge in [0.1, 0.15) is 19.0 Å². The molecular weight excluding hydrogens is 213 g/mol. The largest absolute Gasteiger partial charge is 0.459 e. The van der Waals surface area contributed by atoms with Crippen molar-refractivity contribution in [3.05, 3.63) is 35.6 Å². The van der Waals surface area contributed by atoms with Crippen LogP contribution in [0.4, 0.5) is 4.39 Å². The Kier molecular flexibility index (Phi) is 5.45. The first kappa shape index (κ1) is 12.6. The zero-order valence-electron chi connectivity index (χ0n) is 8.82. The highest BCUT2D eigenvalue weighted by Crippen LogP contribution is 2.07. The Labute approximate surface area is 93.2 Å². The van der Waals surface area contributed by atoms with Gasteiger partial charge < -0.3 is 15.2 Å². The van der Waals surface area contributed by atoms with Crippen LogP contribution in [0.3, 0.4) is 0 Å². The molecule has 16 heavy (non-hydrogen) atoms. The molecule has 2 N–H and O–H groups in total. The molecule has 1 aromatic rings. The van der Waals surface area contributed by atoms with Crippen LogP contribution in [-0.2, 0) is 20.9 Å². The van der Waals surface area contributed by atoms with Gasteiger partial charge in [0, 0.05) is 12.1 Å². The van der Waals surface area contributed by atoms with Gasteiger partial charge in [-0.25, -0.2) is 9.18 Å². The minimum Gasteiger partial charge on any atom is -0.459 e. The molecule has 0 radical (unpaired) electrons. The normalized spacial score (nSPS) is 10.1. The molecule has 0 aliphatic heterocycles. The molecule has 0 atom stereocenters. The third-order valence-electron chi connectivity index (χ3n) is 1.83. The van der Waals surface area contributed by atoms with Crippen molar-refractivity contribution in [3.8, 4) is 0 Å². The van der Waals surface area contributed by atoms with E-state index in [-0.39, 0.29) is 13.2 Å². The van der Waals surface area contributed by atoms with E-state index >= 15 is 0 Å². The zero-order chi connectivity index (χ0) is 11.8. The molecule has 0 fully saturated rings. The molecule has 0 aromatic heterocycles. The van der Waals surface area contributed by atoms with Gasteiger partial charge >= 0.3 is 5.97 Å². The minimum atomic E-state index is -0.531. The van der Waals surface area contributed by atoms with Gasteiger partial charge in [0.05, 0.1) is 6.61 Å². The van der Waals surface area contributed by atoms with Gasteiger partial charge in [-0.1, -0.05) is 18.2 Å². The van der Waals surface area contributed by atoms with Crippen LogP contribution < -0.4 is 5.73 Å². The molecule has 1 aromatic carbocycles. The van der Waals surface area contributed by atoms with E-state index in [0.29, 0.717) is 18.7 Å². The zero-order valence-corrected chi connectivity index (χ0v) is 8.82. The van der Waals surface area contributed by atoms with Gasteiger partial charge in [-0.3, -0.25) is 0 Å². The first-order valence-corrected chi connectivity index (χ1v) is 4.91. The summed E-state index contributed by atoms with van der Waals surface area (Å²) in [5.74, 6) is -0.921. The van der Waals surface area contributed by atoms with Crippen LogP contribution in [0.5, 0.6) is 0 Å². The standard InChI is InChI=1S/C11H14FNO3/c12-10-4-2-1-3-9(10)7-16-11(14)8-15-6-5-13/h1-4H,5-8,13H2. The molecule has 0 spiro atoms. The summed E-state index contributed by atoms with van der Waals surface area (Å²) in [6.45, 7) is 0.401. The molecule has 0 saturated heterocycles. The van der Waals surface area contributed by atoms with Gasteiger partial charge in [0.15, 0.2) is 0 Å². The Bertz CT molecular complexity index is 344. The van der Waals surface area contributed by atoms with Gasteiger partial charge in [-0.2, -0.15) is 0 Å². The van der Waals surface area contributed by atoms with Crippen molar-refractivity contribution in [2.24, 2.45) is 5.73 Å². The fourth-order valence-electron chi connectivity index (χ4n) is 1.05. The molecule has 0 saturated carbocycles. The van der Waals surface area contributed by atoms with Gasteiger partial charge in [0.25, 0.3) is 0 Å². The highest BCUT2D eigenvalue weighted by molar-refractivity contribution is 5.70. The highest BCUT2D eigenvalue weighted by atomic mass is 19.1. The summed E-state index contributed by atoms with van der Waals surface area (Å²) in [6.07, 6.45) is 0.